The van der Waals surface area contributed by atoms with Crippen molar-refractivity contribution < 1.29 is 9.90 Å². The SMILES string of the molecule is CCC1CCCN(c2c(C(=O)O)c(C)nn2C)CC1. The van der Waals surface area contributed by atoms with Gasteiger partial charge in [-0.3, -0.25) is 4.68 Å². The molecule has 0 amide bonds. The summed E-state index contributed by atoms with van der Waals surface area (Å²) in [4.78, 5) is 13.6. The minimum atomic E-state index is -0.878. The van der Waals surface area contributed by atoms with Gasteiger partial charge >= 0.3 is 5.97 Å². The van der Waals surface area contributed by atoms with Gasteiger partial charge in [-0.2, -0.15) is 5.10 Å². The van der Waals surface area contributed by atoms with Crippen molar-refractivity contribution in [3.05, 3.63) is 11.3 Å². The van der Waals surface area contributed by atoms with Crippen LogP contribution in [0.15, 0.2) is 0 Å². The van der Waals surface area contributed by atoms with Gasteiger partial charge in [0.2, 0.25) is 0 Å². The van der Waals surface area contributed by atoms with E-state index in [4.69, 9.17) is 0 Å². The molecule has 0 aromatic carbocycles. The van der Waals surface area contributed by atoms with Gasteiger partial charge in [-0.05, 0) is 32.1 Å². The van der Waals surface area contributed by atoms with E-state index >= 15 is 0 Å². The van der Waals surface area contributed by atoms with Crippen molar-refractivity contribution >= 4 is 11.8 Å². The third-order valence-corrected chi connectivity index (χ3v) is 4.13. The van der Waals surface area contributed by atoms with E-state index in [1.807, 2.05) is 7.05 Å². The quantitative estimate of drug-likeness (QED) is 0.912. The lowest BCUT2D eigenvalue weighted by molar-refractivity contribution is 0.0696. The van der Waals surface area contributed by atoms with Gasteiger partial charge in [-0.15, -0.1) is 0 Å². The second-order valence-electron chi connectivity index (χ2n) is 5.41. The molecule has 0 spiro atoms. The maximum Gasteiger partial charge on any atom is 0.341 e. The summed E-state index contributed by atoms with van der Waals surface area (Å²) in [6, 6.07) is 0. The molecule has 0 aliphatic carbocycles. The maximum atomic E-state index is 11.4. The number of hydrogen-bond acceptors (Lipinski definition) is 3. The monoisotopic (exact) mass is 265 g/mol. The van der Waals surface area contributed by atoms with Crippen molar-refractivity contribution in [2.75, 3.05) is 18.0 Å². The Morgan fingerprint density at radius 1 is 1.42 bits per heavy atom. The minimum absolute atomic E-state index is 0.359. The van der Waals surface area contributed by atoms with Crippen molar-refractivity contribution in [1.29, 1.82) is 0 Å². The van der Waals surface area contributed by atoms with E-state index in [9.17, 15) is 9.90 Å². The summed E-state index contributed by atoms with van der Waals surface area (Å²) >= 11 is 0. The van der Waals surface area contributed by atoms with Gasteiger partial charge in [-0.1, -0.05) is 13.3 Å². The zero-order chi connectivity index (χ0) is 14.0. The van der Waals surface area contributed by atoms with Gasteiger partial charge < -0.3 is 10.0 Å². The molecule has 0 bridgehead atoms. The van der Waals surface area contributed by atoms with Gasteiger partial charge in [0.1, 0.15) is 11.4 Å². The summed E-state index contributed by atoms with van der Waals surface area (Å²) in [6.07, 6.45) is 4.72. The number of aromatic nitrogens is 2. The Labute approximate surface area is 114 Å². The number of carboxylic acids is 1. The van der Waals surface area contributed by atoms with Crippen LogP contribution in [0.25, 0.3) is 0 Å². The average molecular weight is 265 g/mol. The zero-order valence-electron chi connectivity index (χ0n) is 12.0. The zero-order valence-corrected chi connectivity index (χ0v) is 12.0. The first-order valence-electron chi connectivity index (χ1n) is 7.06. The fraction of sp³-hybridized carbons (Fsp3) is 0.714. The van der Waals surface area contributed by atoms with Gasteiger partial charge in [-0.25, -0.2) is 4.79 Å². The highest BCUT2D eigenvalue weighted by Crippen LogP contribution is 2.28. The van der Waals surface area contributed by atoms with E-state index < -0.39 is 5.97 Å². The largest absolute Gasteiger partial charge is 0.477 e. The Balaban J connectivity index is 2.28. The number of carbonyl (C=O) groups is 1. The molecule has 0 radical (unpaired) electrons. The molecule has 5 heteroatoms. The fourth-order valence-corrected chi connectivity index (χ4v) is 3.04. The van der Waals surface area contributed by atoms with Crippen molar-refractivity contribution in [2.45, 2.75) is 39.5 Å². The van der Waals surface area contributed by atoms with E-state index in [2.05, 4.69) is 16.9 Å². The number of nitrogens with zero attached hydrogens (tertiary/aromatic N) is 3. The molecule has 1 aromatic rings. The molecule has 1 N–H and O–H groups in total. The van der Waals surface area contributed by atoms with Crippen LogP contribution in [0.5, 0.6) is 0 Å². The van der Waals surface area contributed by atoms with Gasteiger partial charge in [0, 0.05) is 20.1 Å². The molecule has 1 aromatic heterocycles. The van der Waals surface area contributed by atoms with Crippen LogP contribution in [-0.2, 0) is 7.05 Å². The van der Waals surface area contributed by atoms with Crippen LogP contribution in [0.2, 0.25) is 0 Å². The van der Waals surface area contributed by atoms with Crippen LogP contribution in [0, 0.1) is 12.8 Å². The summed E-state index contributed by atoms with van der Waals surface area (Å²) in [6.45, 7) is 5.85. The van der Waals surface area contributed by atoms with E-state index in [-0.39, 0.29) is 0 Å². The lowest BCUT2D eigenvalue weighted by Crippen LogP contribution is -2.28. The highest BCUT2D eigenvalue weighted by Gasteiger charge is 2.26. The predicted molar refractivity (Wildman–Crippen MR) is 74.7 cm³/mol. The second kappa shape index (κ2) is 5.63. The Bertz CT molecular complexity index is 468. The molecule has 2 heterocycles. The van der Waals surface area contributed by atoms with Crippen LogP contribution in [0.4, 0.5) is 5.82 Å². The molecule has 2 rings (SSSR count). The molecule has 1 fully saturated rings. The normalized spacial score (nSPS) is 20.4. The Kier molecular flexibility index (Phi) is 4.12. The van der Waals surface area contributed by atoms with Crippen LogP contribution >= 0.6 is 0 Å². The molecule has 5 nitrogen and oxygen atoms in total. The topological polar surface area (TPSA) is 58.4 Å². The molecule has 0 saturated carbocycles. The molecule has 1 atom stereocenters. The summed E-state index contributed by atoms with van der Waals surface area (Å²) in [5.74, 6) is 0.659. The molecular weight excluding hydrogens is 242 g/mol. The maximum absolute atomic E-state index is 11.4. The van der Waals surface area contributed by atoms with E-state index in [0.717, 1.165) is 37.7 Å². The van der Waals surface area contributed by atoms with Crippen LogP contribution in [0.1, 0.15) is 48.7 Å². The second-order valence-corrected chi connectivity index (χ2v) is 5.41. The molecule has 1 aliphatic rings. The predicted octanol–water partition coefficient (Wildman–Crippen LogP) is 2.44. The molecule has 106 valence electrons. The number of carboxylic acid groups (broad SMARTS) is 1. The average Bonchev–Trinajstić information content (AvgIpc) is 2.54. The summed E-state index contributed by atoms with van der Waals surface area (Å²) in [5.41, 5.74) is 0.957. The summed E-state index contributed by atoms with van der Waals surface area (Å²) in [7, 11) is 1.83. The lowest BCUT2D eigenvalue weighted by atomic mass is 9.98. The molecule has 1 aliphatic heterocycles. The van der Waals surface area contributed by atoms with Crippen molar-refractivity contribution in [3.63, 3.8) is 0 Å². The van der Waals surface area contributed by atoms with Gasteiger partial charge in [0.15, 0.2) is 0 Å². The van der Waals surface area contributed by atoms with Crippen LogP contribution in [-0.4, -0.2) is 33.9 Å². The third-order valence-electron chi connectivity index (χ3n) is 4.13. The van der Waals surface area contributed by atoms with Crippen LogP contribution < -0.4 is 4.90 Å². The number of rotatable bonds is 3. The number of hydrogen-bond donors (Lipinski definition) is 1. The van der Waals surface area contributed by atoms with Crippen LogP contribution in [0.3, 0.4) is 0 Å². The van der Waals surface area contributed by atoms with E-state index in [1.54, 1.807) is 11.6 Å². The number of aromatic carboxylic acids is 1. The first kappa shape index (κ1) is 13.9. The number of aryl methyl sites for hydroxylation is 2. The first-order chi connectivity index (χ1) is 9.04. The highest BCUT2D eigenvalue weighted by atomic mass is 16.4. The number of anilines is 1. The smallest absolute Gasteiger partial charge is 0.341 e. The molecule has 19 heavy (non-hydrogen) atoms. The fourth-order valence-electron chi connectivity index (χ4n) is 3.04. The molecular formula is C14H23N3O2. The Hall–Kier alpha value is -1.52. The summed E-state index contributed by atoms with van der Waals surface area (Å²) in [5, 5.41) is 13.7. The standard InChI is InChI=1S/C14H23N3O2/c1-4-11-6-5-8-17(9-7-11)13-12(14(18)19)10(2)15-16(13)3/h11H,4-9H2,1-3H3,(H,18,19). The van der Waals surface area contributed by atoms with E-state index in [1.165, 1.54) is 12.8 Å². The Morgan fingerprint density at radius 3 is 2.79 bits per heavy atom. The minimum Gasteiger partial charge on any atom is -0.477 e. The van der Waals surface area contributed by atoms with E-state index in [0.29, 0.717) is 11.3 Å². The Morgan fingerprint density at radius 2 is 2.16 bits per heavy atom. The highest BCUT2D eigenvalue weighted by molar-refractivity contribution is 5.94. The lowest BCUT2D eigenvalue weighted by Gasteiger charge is -2.23. The molecule has 1 unspecified atom stereocenters. The van der Waals surface area contributed by atoms with Gasteiger partial charge in [0.25, 0.3) is 0 Å². The van der Waals surface area contributed by atoms with Crippen molar-refractivity contribution in [1.82, 2.24) is 9.78 Å². The van der Waals surface area contributed by atoms with Crippen molar-refractivity contribution in [2.24, 2.45) is 13.0 Å². The summed E-state index contributed by atoms with van der Waals surface area (Å²) < 4.78 is 1.71. The van der Waals surface area contributed by atoms with Gasteiger partial charge in [0.05, 0.1) is 5.69 Å². The third kappa shape index (κ3) is 2.74. The molecule has 1 saturated heterocycles. The van der Waals surface area contributed by atoms with Crippen molar-refractivity contribution in [3.8, 4) is 0 Å². The first-order valence-corrected chi connectivity index (χ1v) is 7.06.